The van der Waals surface area contributed by atoms with Crippen LogP contribution in [0.15, 0.2) is 11.3 Å². The highest BCUT2D eigenvalue weighted by molar-refractivity contribution is 7.41. The van der Waals surface area contributed by atoms with E-state index in [9.17, 15) is 0 Å². The maximum Gasteiger partial charge on any atom is 0.396 e. The zero-order valence-corrected chi connectivity index (χ0v) is 10.0. The molecule has 0 aliphatic rings. The summed E-state index contributed by atoms with van der Waals surface area (Å²) < 4.78 is 15.6. The average Bonchev–Trinajstić information content (AvgIpc) is 2.14. The van der Waals surface area contributed by atoms with Gasteiger partial charge in [-0.3, -0.25) is 0 Å². The average molecular weight is 247 g/mol. The molecule has 0 aliphatic heterocycles. The highest BCUT2D eigenvalue weighted by atomic mass is 35.5. The third-order valence-electron chi connectivity index (χ3n) is 0.914. The molecule has 78 valence electrons. The minimum absolute atomic E-state index is 0.211. The van der Waals surface area contributed by atoms with E-state index in [1.165, 1.54) is 5.54 Å². The van der Waals surface area contributed by atoms with Crippen molar-refractivity contribution in [1.29, 1.82) is 0 Å². The standard InChI is InChI=1S/C7H13Cl2O3P/c1-3-10-13(11-4-2)12-7(5-8)6-9/h5H,3-4,6H2,1-2H3. The first-order valence-electron chi connectivity index (χ1n) is 3.87. The van der Waals surface area contributed by atoms with Gasteiger partial charge in [0.1, 0.15) is 5.76 Å². The van der Waals surface area contributed by atoms with Crippen LogP contribution in [0.25, 0.3) is 0 Å². The number of hydrogen-bond acceptors (Lipinski definition) is 3. The van der Waals surface area contributed by atoms with Crippen LogP contribution < -0.4 is 0 Å². The van der Waals surface area contributed by atoms with Crippen LogP contribution in [0.1, 0.15) is 13.8 Å². The van der Waals surface area contributed by atoms with Crippen molar-refractivity contribution in [2.24, 2.45) is 0 Å². The van der Waals surface area contributed by atoms with E-state index in [4.69, 9.17) is 36.8 Å². The third-order valence-corrected chi connectivity index (χ3v) is 2.74. The van der Waals surface area contributed by atoms with E-state index in [0.717, 1.165) is 0 Å². The molecular formula is C7H13Cl2O3P. The smallest absolute Gasteiger partial charge is 0.396 e. The van der Waals surface area contributed by atoms with Crippen LogP contribution >= 0.6 is 31.8 Å². The Hall–Kier alpha value is 0.470. The Bertz CT molecular complexity index is 149. The molecule has 0 aliphatic carbocycles. The van der Waals surface area contributed by atoms with Crippen LogP contribution in [0, 0.1) is 0 Å². The molecule has 6 heteroatoms. The lowest BCUT2D eigenvalue weighted by molar-refractivity contribution is 0.199. The number of rotatable bonds is 7. The predicted molar refractivity (Wildman–Crippen MR) is 55.9 cm³/mol. The fourth-order valence-corrected chi connectivity index (χ4v) is 1.85. The van der Waals surface area contributed by atoms with Crippen molar-refractivity contribution in [3.8, 4) is 0 Å². The van der Waals surface area contributed by atoms with E-state index in [2.05, 4.69) is 0 Å². The first kappa shape index (κ1) is 13.5. The fraction of sp³-hybridized carbons (Fsp3) is 0.714. The van der Waals surface area contributed by atoms with E-state index >= 15 is 0 Å². The van der Waals surface area contributed by atoms with Gasteiger partial charge in [0, 0.05) is 5.54 Å². The van der Waals surface area contributed by atoms with E-state index in [0.29, 0.717) is 19.0 Å². The molecule has 0 aromatic carbocycles. The second-order valence-corrected chi connectivity index (χ2v) is 3.49. The molecule has 3 nitrogen and oxygen atoms in total. The normalized spacial score (nSPS) is 12.2. The van der Waals surface area contributed by atoms with Crippen molar-refractivity contribution in [1.82, 2.24) is 0 Å². The van der Waals surface area contributed by atoms with Crippen LogP contribution in [0.5, 0.6) is 0 Å². The molecule has 0 bridgehead atoms. The summed E-state index contributed by atoms with van der Waals surface area (Å²) in [5.74, 6) is 0.666. The molecular weight excluding hydrogens is 234 g/mol. The zero-order valence-electron chi connectivity index (χ0n) is 7.63. The van der Waals surface area contributed by atoms with E-state index in [-0.39, 0.29) is 5.88 Å². The summed E-state index contributed by atoms with van der Waals surface area (Å²) in [4.78, 5) is 0. The lowest BCUT2D eigenvalue weighted by Crippen LogP contribution is -1.96. The minimum Gasteiger partial charge on any atom is -0.429 e. The summed E-state index contributed by atoms with van der Waals surface area (Å²) in [6.45, 7) is 4.79. The Labute approximate surface area is 89.9 Å². The van der Waals surface area contributed by atoms with Gasteiger partial charge in [0.2, 0.25) is 0 Å². The van der Waals surface area contributed by atoms with Gasteiger partial charge in [-0.2, -0.15) is 0 Å². The van der Waals surface area contributed by atoms with Crippen molar-refractivity contribution in [2.75, 3.05) is 19.1 Å². The topological polar surface area (TPSA) is 27.7 Å². The SMILES string of the molecule is CCOP(OCC)OC(=CCl)CCl. The Balaban J connectivity index is 3.91. The fourth-order valence-electron chi connectivity index (χ4n) is 0.470. The molecule has 0 saturated carbocycles. The van der Waals surface area contributed by atoms with Gasteiger partial charge in [-0.1, -0.05) is 11.6 Å². The van der Waals surface area contributed by atoms with Crippen LogP contribution in [0.2, 0.25) is 0 Å². The van der Waals surface area contributed by atoms with Crippen molar-refractivity contribution in [3.63, 3.8) is 0 Å². The van der Waals surface area contributed by atoms with Gasteiger partial charge < -0.3 is 13.6 Å². The molecule has 0 aromatic rings. The van der Waals surface area contributed by atoms with E-state index in [1.54, 1.807) is 0 Å². The lowest BCUT2D eigenvalue weighted by atomic mass is 10.7. The van der Waals surface area contributed by atoms with Crippen LogP contribution in [0.4, 0.5) is 0 Å². The van der Waals surface area contributed by atoms with Crippen LogP contribution in [0.3, 0.4) is 0 Å². The van der Waals surface area contributed by atoms with Gasteiger partial charge >= 0.3 is 8.60 Å². The number of allylic oxidation sites excluding steroid dienone is 1. The molecule has 0 atom stereocenters. The molecule has 0 spiro atoms. The molecule has 0 radical (unpaired) electrons. The van der Waals surface area contributed by atoms with Gasteiger partial charge in [0.15, 0.2) is 0 Å². The third kappa shape index (κ3) is 6.53. The molecule has 0 rings (SSSR count). The maximum absolute atomic E-state index is 5.53. The molecule has 0 N–H and O–H groups in total. The Morgan fingerprint density at radius 1 is 1.31 bits per heavy atom. The molecule has 0 fully saturated rings. The zero-order chi connectivity index (χ0) is 10.1. The Morgan fingerprint density at radius 2 is 1.85 bits per heavy atom. The predicted octanol–water partition coefficient (Wildman–Crippen LogP) is 3.62. The second-order valence-electron chi connectivity index (χ2n) is 1.86. The van der Waals surface area contributed by atoms with E-state index < -0.39 is 8.60 Å². The van der Waals surface area contributed by atoms with Crippen LogP contribution in [-0.2, 0) is 13.6 Å². The van der Waals surface area contributed by atoms with Gasteiger partial charge in [-0.05, 0) is 13.8 Å². The molecule has 0 heterocycles. The number of alkyl halides is 1. The van der Waals surface area contributed by atoms with Crippen molar-refractivity contribution < 1.29 is 13.6 Å². The number of halogens is 2. The van der Waals surface area contributed by atoms with Gasteiger partial charge in [-0.15, -0.1) is 11.6 Å². The summed E-state index contributed by atoms with van der Waals surface area (Å²) in [6, 6.07) is 0. The lowest BCUT2D eigenvalue weighted by Gasteiger charge is -2.15. The van der Waals surface area contributed by atoms with Gasteiger partial charge in [-0.25, -0.2) is 0 Å². The Morgan fingerprint density at radius 3 is 2.15 bits per heavy atom. The van der Waals surface area contributed by atoms with Crippen molar-refractivity contribution in [2.45, 2.75) is 13.8 Å². The highest BCUT2D eigenvalue weighted by Gasteiger charge is 2.13. The summed E-state index contributed by atoms with van der Waals surface area (Å²) in [5.41, 5.74) is 1.28. The Kier molecular flexibility index (Phi) is 9.37. The van der Waals surface area contributed by atoms with Crippen molar-refractivity contribution >= 4 is 31.8 Å². The second kappa shape index (κ2) is 9.04. The summed E-state index contributed by atoms with van der Waals surface area (Å²) >= 11 is 11.0. The summed E-state index contributed by atoms with van der Waals surface area (Å²) in [6.07, 6.45) is 0. The van der Waals surface area contributed by atoms with E-state index in [1.807, 2.05) is 13.8 Å². The summed E-state index contributed by atoms with van der Waals surface area (Å²) in [5, 5.41) is 0. The first-order valence-corrected chi connectivity index (χ1v) is 5.94. The highest BCUT2D eigenvalue weighted by Crippen LogP contribution is 2.41. The molecule has 0 saturated heterocycles. The minimum atomic E-state index is -1.35. The molecule has 0 amide bonds. The quantitative estimate of drug-likeness (QED) is 0.390. The van der Waals surface area contributed by atoms with Gasteiger partial charge in [0.25, 0.3) is 0 Å². The molecule has 13 heavy (non-hydrogen) atoms. The van der Waals surface area contributed by atoms with Gasteiger partial charge in [0.05, 0.1) is 19.1 Å². The summed E-state index contributed by atoms with van der Waals surface area (Å²) in [7, 11) is -1.35. The molecule has 0 unspecified atom stereocenters. The largest absolute Gasteiger partial charge is 0.429 e. The van der Waals surface area contributed by atoms with Crippen LogP contribution in [-0.4, -0.2) is 19.1 Å². The molecule has 0 aromatic heterocycles. The monoisotopic (exact) mass is 246 g/mol. The maximum atomic E-state index is 5.53. The number of hydrogen-bond donors (Lipinski definition) is 0. The van der Waals surface area contributed by atoms with Crippen molar-refractivity contribution in [3.05, 3.63) is 11.3 Å². The first-order chi connectivity index (χ1) is 6.28.